The van der Waals surface area contributed by atoms with Gasteiger partial charge in [-0.25, -0.2) is 14.5 Å². The van der Waals surface area contributed by atoms with Crippen LogP contribution >= 0.6 is 11.8 Å². The van der Waals surface area contributed by atoms with Gasteiger partial charge in [0.25, 0.3) is 0 Å². The number of hydrogen-bond acceptors (Lipinski definition) is 11. The van der Waals surface area contributed by atoms with Gasteiger partial charge in [0.2, 0.25) is 5.91 Å². The average molecular weight is 734 g/mol. The maximum atomic E-state index is 12.1. The summed E-state index contributed by atoms with van der Waals surface area (Å²) in [6, 6.07) is 8.09. The molecule has 2 aliphatic rings. The van der Waals surface area contributed by atoms with E-state index in [2.05, 4.69) is 36.6 Å². The van der Waals surface area contributed by atoms with Crippen molar-refractivity contribution in [2.75, 3.05) is 65.1 Å². The van der Waals surface area contributed by atoms with Gasteiger partial charge < -0.3 is 51.1 Å². The number of benzene rings is 1. The number of urea groups is 1. The molecule has 3 amide bonds. The molecule has 0 radical (unpaired) electrons. The van der Waals surface area contributed by atoms with Gasteiger partial charge in [0, 0.05) is 37.1 Å². The summed E-state index contributed by atoms with van der Waals surface area (Å²) in [5.41, 5.74) is 7.65. The van der Waals surface area contributed by atoms with Gasteiger partial charge in [-0.3, -0.25) is 4.79 Å². The molecule has 3 atom stereocenters. The van der Waals surface area contributed by atoms with Crippen LogP contribution in [0.4, 0.5) is 4.79 Å². The van der Waals surface area contributed by atoms with Crippen molar-refractivity contribution >= 4 is 29.7 Å². The van der Waals surface area contributed by atoms with E-state index in [1.165, 1.54) is 0 Å². The Bertz CT molecular complexity index is 1320. The van der Waals surface area contributed by atoms with E-state index in [0.717, 1.165) is 67.8 Å². The van der Waals surface area contributed by atoms with Gasteiger partial charge in [0.05, 0.1) is 71.0 Å². The molecule has 1 aromatic heterocycles. The minimum Gasteiger partial charge on any atom is -0.487 e. The van der Waals surface area contributed by atoms with Crippen molar-refractivity contribution in [2.24, 2.45) is 10.7 Å². The minimum absolute atomic E-state index is 0.0393. The Balaban J connectivity index is 0.911. The fourth-order valence-corrected chi connectivity index (χ4v) is 7.09. The zero-order valence-electron chi connectivity index (χ0n) is 29.4. The summed E-state index contributed by atoms with van der Waals surface area (Å²) < 4.78 is 24.3. The van der Waals surface area contributed by atoms with E-state index in [1.54, 1.807) is 4.68 Å². The second-order valence-corrected chi connectivity index (χ2v) is 13.6. The molecule has 1 aromatic carbocycles. The Kier molecular flexibility index (Phi) is 18.7. The summed E-state index contributed by atoms with van der Waals surface area (Å²) in [5.74, 6) is 2.13. The number of aliphatic hydroxyl groups is 1. The van der Waals surface area contributed by atoms with E-state index in [9.17, 15) is 9.59 Å². The average Bonchev–Trinajstić information content (AvgIpc) is 3.85. The molecule has 0 aliphatic carbocycles. The van der Waals surface area contributed by atoms with Gasteiger partial charge in [0.15, 0.2) is 5.96 Å². The highest BCUT2D eigenvalue weighted by molar-refractivity contribution is 8.00. The van der Waals surface area contributed by atoms with Crippen LogP contribution in [0.3, 0.4) is 0 Å². The van der Waals surface area contributed by atoms with Crippen LogP contribution in [0.5, 0.6) is 5.75 Å². The van der Waals surface area contributed by atoms with Crippen molar-refractivity contribution in [1.29, 1.82) is 0 Å². The quantitative estimate of drug-likeness (QED) is 0.0333. The number of aliphatic imine (C=N–C) groups is 1. The van der Waals surface area contributed by atoms with Crippen molar-refractivity contribution in [2.45, 2.75) is 82.0 Å². The van der Waals surface area contributed by atoms with Crippen LogP contribution in [0.1, 0.15) is 56.2 Å². The van der Waals surface area contributed by atoms with Crippen molar-refractivity contribution in [3.8, 4) is 5.75 Å². The Morgan fingerprint density at radius 3 is 2.57 bits per heavy atom. The molecule has 0 saturated carbocycles. The summed E-state index contributed by atoms with van der Waals surface area (Å²) in [7, 11) is 0. The molecule has 0 bridgehead atoms. The third kappa shape index (κ3) is 16.1. The van der Waals surface area contributed by atoms with E-state index in [0.29, 0.717) is 83.5 Å². The minimum atomic E-state index is -0.0623. The Hall–Kier alpha value is -3.64. The topological polar surface area (TPSA) is 208 Å². The monoisotopic (exact) mass is 733 g/mol. The summed E-state index contributed by atoms with van der Waals surface area (Å²) in [4.78, 5) is 27.9. The molecular formula is C34H55N9O7S. The Labute approximate surface area is 304 Å². The van der Waals surface area contributed by atoms with Crippen LogP contribution < -0.4 is 31.7 Å². The predicted octanol–water partition coefficient (Wildman–Crippen LogP) is 1.32. The molecule has 3 heterocycles. The molecule has 51 heavy (non-hydrogen) atoms. The smallest absolute Gasteiger partial charge is 0.315 e. The molecule has 0 unspecified atom stereocenters. The number of fused-ring (bicyclic) bond motifs is 1. The van der Waals surface area contributed by atoms with Gasteiger partial charge in [0.1, 0.15) is 18.1 Å². The van der Waals surface area contributed by atoms with Gasteiger partial charge in [-0.15, -0.1) is 5.10 Å². The van der Waals surface area contributed by atoms with Gasteiger partial charge in [-0.1, -0.05) is 23.8 Å². The zero-order chi connectivity index (χ0) is 35.9. The van der Waals surface area contributed by atoms with Crippen LogP contribution in [-0.4, -0.2) is 120 Å². The van der Waals surface area contributed by atoms with Crippen molar-refractivity contribution in [3.05, 3.63) is 41.7 Å². The number of thioether (sulfide) groups is 1. The third-order valence-corrected chi connectivity index (χ3v) is 9.84. The molecule has 0 spiro atoms. The number of aromatic nitrogens is 3. The molecule has 4 rings (SSSR count). The number of guanidine groups is 1. The highest BCUT2D eigenvalue weighted by Crippen LogP contribution is 2.33. The summed E-state index contributed by atoms with van der Waals surface area (Å²) in [6.07, 6.45) is 7.85. The van der Waals surface area contributed by atoms with E-state index in [-0.39, 0.29) is 30.6 Å². The first-order chi connectivity index (χ1) is 25.0. The molecule has 2 saturated heterocycles. The maximum Gasteiger partial charge on any atom is 0.315 e. The summed E-state index contributed by atoms with van der Waals surface area (Å²) in [5, 5.41) is 29.5. The molecule has 7 N–H and O–H groups in total. The molecule has 2 aliphatic heterocycles. The molecule has 2 fully saturated rings. The van der Waals surface area contributed by atoms with Crippen LogP contribution in [0, 0.1) is 0 Å². The van der Waals surface area contributed by atoms with Crippen LogP contribution in [0.15, 0.2) is 35.5 Å². The zero-order valence-corrected chi connectivity index (χ0v) is 30.2. The summed E-state index contributed by atoms with van der Waals surface area (Å²) in [6.45, 7) is 5.52. The van der Waals surface area contributed by atoms with Crippen molar-refractivity contribution in [3.63, 3.8) is 0 Å². The number of carbonyl (C=O) groups excluding carboxylic acids is 2. The van der Waals surface area contributed by atoms with Crippen LogP contribution in [0.25, 0.3) is 0 Å². The highest BCUT2D eigenvalue weighted by Gasteiger charge is 2.42. The number of carbonyl (C=O) groups is 2. The number of amides is 3. The lowest BCUT2D eigenvalue weighted by molar-refractivity contribution is -0.121. The molecular weight excluding hydrogens is 678 g/mol. The number of hydrogen-bond donors (Lipinski definition) is 6. The Morgan fingerprint density at radius 1 is 0.980 bits per heavy atom. The molecule has 17 heteroatoms. The van der Waals surface area contributed by atoms with Gasteiger partial charge >= 0.3 is 6.03 Å². The second-order valence-electron chi connectivity index (χ2n) is 12.4. The van der Waals surface area contributed by atoms with E-state index >= 15 is 0 Å². The number of nitrogens with two attached hydrogens (primary N) is 1. The third-order valence-electron chi connectivity index (χ3n) is 8.33. The molecule has 2 aromatic rings. The normalized spacial score (nSPS) is 18.3. The van der Waals surface area contributed by atoms with Crippen LogP contribution in [0.2, 0.25) is 0 Å². The standard InChI is InChI=1S/C34H55N9O7S/c35-33(37-12-4-1-5-15-44)38-22-26-8-10-28(11-9-26)50-24-27-23-43(42-41-27)14-17-48-19-21-49-20-18-47-16-13-36-31(45)7-3-2-6-30-32-29(25-51-30)39-34(46)40-32/h8-11,23,29-30,32,44H,1-7,12-22,24-25H2,(H,36,45)(H3,35,37,38)(H2,39,40,46)/t29-,30-,32-/m0/s1. The number of nitrogens with zero attached hydrogens (tertiary/aromatic N) is 4. The van der Waals surface area contributed by atoms with E-state index in [4.69, 9.17) is 29.8 Å². The molecule has 284 valence electrons. The largest absolute Gasteiger partial charge is 0.487 e. The Morgan fingerprint density at radius 2 is 1.76 bits per heavy atom. The first kappa shape index (κ1) is 40.1. The van der Waals surface area contributed by atoms with Crippen molar-refractivity contribution in [1.82, 2.24) is 36.3 Å². The number of unbranched alkanes of at least 4 members (excludes halogenated alkanes) is 3. The number of aliphatic hydroxyl groups excluding tert-OH is 1. The van der Waals surface area contributed by atoms with Gasteiger partial charge in [-0.05, 0) is 49.8 Å². The van der Waals surface area contributed by atoms with Crippen molar-refractivity contribution < 1.29 is 33.6 Å². The van der Waals surface area contributed by atoms with Crippen LogP contribution in [-0.2, 0) is 38.7 Å². The van der Waals surface area contributed by atoms with E-state index in [1.807, 2.05) is 42.2 Å². The lowest BCUT2D eigenvalue weighted by Crippen LogP contribution is -2.36. The summed E-state index contributed by atoms with van der Waals surface area (Å²) >= 11 is 1.90. The fraction of sp³-hybridized carbons (Fsp3) is 0.676. The lowest BCUT2D eigenvalue weighted by atomic mass is 10.0. The first-order valence-electron chi connectivity index (χ1n) is 17.9. The number of ether oxygens (including phenoxy) is 4. The fourth-order valence-electron chi connectivity index (χ4n) is 5.55. The SMILES string of the molecule is NC(=NCc1ccc(OCc2cn(CCOCCOCCOCCNC(=O)CCCC[C@@H]3SC[C@@H]4NC(=O)N[C@@H]43)nn2)cc1)NCCCCCO. The second kappa shape index (κ2) is 23.8. The number of rotatable bonds is 27. The van der Waals surface area contributed by atoms with E-state index < -0.39 is 0 Å². The van der Waals surface area contributed by atoms with Gasteiger partial charge in [-0.2, -0.15) is 11.8 Å². The lowest BCUT2D eigenvalue weighted by Gasteiger charge is -2.16. The number of nitrogens with one attached hydrogen (secondary N) is 4. The highest BCUT2D eigenvalue weighted by atomic mass is 32.2. The maximum absolute atomic E-state index is 12.1. The predicted molar refractivity (Wildman–Crippen MR) is 194 cm³/mol. The first-order valence-corrected chi connectivity index (χ1v) is 19.0. The molecule has 16 nitrogen and oxygen atoms in total.